The molecule has 0 spiro atoms. The van der Waals surface area contributed by atoms with Crippen molar-refractivity contribution in [1.82, 2.24) is 9.78 Å². The quantitative estimate of drug-likeness (QED) is 0.712. The zero-order valence-electron chi connectivity index (χ0n) is 7.26. The van der Waals surface area contributed by atoms with Crippen molar-refractivity contribution in [2.75, 3.05) is 13.2 Å². The fourth-order valence-electron chi connectivity index (χ4n) is 1.48. The third-order valence-corrected chi connectivity index (χ3v) is 3.43. The van der Waals surface area contributed by atoms with Gasteiger partial charge in [0, 0.05) is 17.3 Å². The molecule has 1 unspecified atom stereocenters. The number of hydrogen-bond donors (Lipinski definition) is 0. The average molecular weight is 237 g/mol. The van der Waals surface area contributed by atoms with Crippen molar-refractivity contribution in [3.8, 4) is 0 Å². The van der Waals surface area contributed by atoms with Gasteiger partial charge in [-0.3, -0.25) is 0 Å². The summed E-state index contributed by atoms with van der Waals surface area (Å²) < 4.78 is 28.8. The molecule has 0 N–H and O–H groups in total. The van der Waals surface area contributed by atoms with Crippen molar-refractivity contribution in [2.24, 2.45) is 0 Å². The summed E-state index contributed by atoms with van der Waals surface area (Å²) in [5.74, 6) is 0. The van der Waals surface area contributed by atoms with E-state index >= 15 is 0 Å². The second-order valence-electron chi connectivity index (χ2n) is 3.07. The van der Waals surface area contributed by atoms with E-state index in [1.54, 1.807) is 0 Å². The Labute approximate surface area is 86.0 Å². The molecule has 1 aromatic heterocycles. The fourth-order valence-corrected chi connectivity index (χ4v) is 2.49. The molecule has 7 heteroatoms. The Hall–Kier alpha value is -0.590. The summed E-state index contributed by atoms with van der Waals surface area (Å²) in [7, 11) is 1.54. The van der Waals surface area contributed by atoms with E-state index < -0.39 is 9.05 Å². The third-order valence-electron chi connectivity index (χ3n) is 2.14. The molecule has 0 radical (unpaired) electrons. The SMILES string of the molecule is O=S(=O)(Cl)c1ccnn1C1CCOC1. The van der Waals surface area contributed by atoms with Crippen molar-refractivity contribution in [3.05, 3.63) is 12.3 Å². The maximum atomic E-state index is 11.1. The Bertz CT molecular complexity index is 422. The van der Waals surface area contributed by atoms with Crippen LogP contribution in [0.3, 0.4) is 0 Å². The normalized spacial score (nSPS) is 22.8. The second-order valence-corrected chi connectivity index (χ2v) is 5.58. The molecule has 0 saturated carbocycles. The van der Waals surface area contributed by atoms with Gasteiger partial charge >= 0.3 is 0 Å². The predicted octanol–water partition coefficient (Wildman–Crippen LogP) is 0.772. The zero-order chi connectivity index (χ0) is 10.2. The molecule has 1 aliphatic rings. The Kier molecular flexibility index (Phi) is 2.50. The Morgan fingerprint density at radius 2 is 2.43 bits per heavy atom. The van der Waals surface area contributed by atoms with Crippen LogP contribution in [0.25, 0.3) is 0 Å². The van der Waals surface area contributed by atoms with E-state index in [4.69, 9.17) is 15.4 Å². The summed E-state index contributed by atoms with van der Waals surface area (Å²) in [6.45, 7) is 1.12. The predicted molar refractivity (Wildman–Crippen MR) is 49.7 cm³/mol. The minimum Gasteiger partial charge on any atom is -0.379 e. The van der Waals surface area contributed by atoms with Gasteiger partial charge in [0.2, 0.25) is 0 Å². The highest BCUT2D eigenvalue weighted by Crippen LogP contribution is 2.23. The average Bonchev–Trinajstić information content (AvgIpc) is 2.73. The number of hydrogen-bond acceptors (Lipinski definition) is 4. The lowest BCUT2D eigenvalue weighted by Crippen LogP contribution is -2.14. The van der Waals surface area contributed by atoms with Crippen molar-refractivity contribution in [3.63, 3.8) is 0 Å². The highest BCUT2D eigenvalue weighted by atomic mass is 35.7. The summed E-state index contributed by atoms with van der Waals surface area (Å²) in [5, 5.41) is 3.97. The number of aromatic nitrogens is 2. The smallest absolute Gasteiger partial charge is 0.278 e. The van der Waals surface area contributed by atoms with Crippen molar-refractivity contribution >= 4 is 19.7 Å². The van der Waals surface area contributed by atoms with Gasteiger partial charge in [-0.2, -0.15) is 5.10 Å². The lowest BCUT2D eigenvalue weighted by atomic mass is 10.3. The molecule has 1 aromatic rings. The van der Waals surface area contributed by atoms with E-state index in [2.05, 4.69) is 5.10 Å². The van der Waals surface area contributed by atoms with Crippen LogP contribution in [0.15, 0.2) is 17.3 Å². The molecule has 1 atom stereocenters. The first kappa shape index (κ1) is 9.95. The first-order valence-electron chi connectivity index (χ1n) is 4.15. The first-order chi connectivity index (χ1) is 6.59. The van der Waals surface area contributed by atoms with Gasteiger partial charge < -0.3 is 4.74 Å². The Morgan fingerprint density at radius 1 is 1.64 bits per heavy atom. The molecule has 1 aliphatic heterocycles. The topological polar surface area (TPSA) is 61.2 Å². The van der Waals surface area contributed by atoms with Crippen LogP contribution >= 0.6 is 10.7 Å². The van der Waals surface area contributed by atoms with Gasteiger partial charge in [0.1, 0.15) is 0 Å². The Morgan fingerprint density at radius 3 is 3.00 bits per heavy atom. The van der Waals surface area contributed by atoms with Crippen LogP contribution in [0, 0.1) is 0 Å². The molecule has 0 aliphatic carbocycles. The van der Waals surface area contributed by atoms with E-state index in [1.165, 1.54) is 16.9 Å². The number of halogens is 1. The van der Waals surface area contributed by atoms with Gasteiger partial charge in [-0.25, -0.2) is 13.1 Å². The van der Waals surface area contributed by atoms with E-state index in [9.17, 15) is 8.42 Å². The molecule has 78 valence electrons. The van der Waals surface area contributed by atoms with E-state index in [0.29, 0.717) is 13.2 Å². The van der Waals surface area contributed by atoms with Crippen LogP contribution in [0.1, 0.15) is 12.5 Å². The number of ether oxygens (including phenoxy) is 1. The molecule has 1 fully saturated rings. The lowest BCUT2D eigenvalue weighted by molar-refractivity contribution is 0.183. The summed E-state index contributed by atoms with van der Waals surface area (Å²) >= 11 is 0. The maximum Gasteiger partial charge on any atom is 0.278 e. The molecule has 0 amide bonds. The van der Waals surface area contributed by atoms with Crippen molar-refractivity contribution in [2.45, 2.75) is 17.5 Å². The summed E-state index contributed by atoms with van der Waals surface area (Å²) in [6.07, 6.45) is 2.19. The molecular weight excluding hydrogens is 228 g/mol. The summed E-state index contributed by atoms with van der Waals surface area (Å²) in [4.78, 5) is 0. The molecule has 2 rings (SSSR count). The maximum absolute atomic E-state index is 11.1. The molecule has 2 heterocycles. The van der Waals surface area contributed by atoms with Crippen molar-refractivity contribution in [1.29, 1.82) is 0 Å². The standard InChI is InChI=1S/C7H9ClN2O3S/c8-14(11,12)7-1-3-9-10(7)6-2-4-13-5-6/h1,3,6H,2,4-5H2. The number of nitrogens with zero attached hydrogens (tertiary/aromatic N) is 2. The minimum absolute atomic E-state index is 0.0199. The van der Waals surface area contributed by atoms with Crippen LogP contribution in [0.5, 0.6) is 0 Å². The van der Waals surface area contributed by atoms with E-state index in [1.807, 2.05) is 0 Å². The van der Waals surface area contributed by atoms with Crippen LogP contribution in [-0.2, 0) is 13.8 Å². The van der Waals surface area contributed by atoms with Crippen LogP contribution in [0.4, 0.5) is 0 Å². The van der Waals surface area contributed by atoms with Crippen LogP contribution in [0.2, 0.25) is 0 Å². The fraction of sp³-hybridized carbons (Fsp3) is 0.571. The van der Waals surface area contributed by atoms with E-state index in [0.717, 1.165) is 6.42 Å². The van der Waals surface area contributed by atoms with Gasteiger partial charge in [-0.15, -0.1) is 0 Å². The highest BCUT2D eigenvalue weighted by Gasteiger charge is 2.25. The monoisotopic (exact) mass is 236 g/mol. The highest BCUT2D eigenvalue weighted by molar-refractivity contribution is 8.13. The molecule has 0 bridgehead atoms. The van der Waals surface area contributed by atoms with Gasteiger partial charge in [-0.1, -0.05) is 0 Å². The summed E-state index contributed by atoms with van der Waals surface area (Å²) in [6, 6.07) is 1.37. The van der Waals surface area contributed by atoms with Gasteiger partial charge in [-0.05, 0) is 12.5 Å². The molecular formula is C7H9ClN2O3S. The van der Waals surface area contributed by atoms with E-state index in [-0.39, 0.29) is 11.1 Å². The molecule has 5 nitrogen and oxygen atoms in total. The molecule has 14 heavy (non-hydrogen) atoms. The lowest BCUT2D eigenvalue weighted by Gasteiger charge is -2.10. The zero-order valence-corrected chi connectivity index (χ0v) is 8.83. The van der Waals surface area contributed by atoms with Gasteiger partial charge in [0.05, 0.1) is 18.8 Å². The third kappa shape index (κ3) is 1.77. The molecule has 0 aromatic carbocycles. The first-order valence-corrected chi connectivity index (χ1v) is 6.46. The minimum atomic E-state index is -3.71. The second kappa shape index (κ2) is 3.52. The van der Waals surface area contributed by atoms with Crippen LogP contribution in [-0.4, -0.2) is 31.4 Å². The summed E-state index contributed by atoms with van der Waals surface area (Å²) in [5.41, 5.74) is 0. The Balaban J connectivity index is 2.39. The van der Waals surface area contributed by atoms with Gasteiger partial charge in [0.25, 0.3) is 9.05 Å². The van der Waals surface area contributed by atoms with Gasteiger partial charge in [0.15, 0.2) is 5.03 Å². The van der Waals surface area contributed by atoms with Crippen LogP contribution < -0.4 is 0 Å². The number of rotatable bonds is 2. The largest absolute Gasteiger partial charge is 0.379 e. The molecule has 1 saturated heterocycles. The van der Waals surface area contributed by atoms with Crippen molar-refractivity contribution < 1.29 is 13.2 Å².